The Hall–Kier alpha value is -3.68. The number of benzene rings is 1. The van der Waals surface area contributed by atoms with Crippen molar-refractivity contribution in [3.63, 3.8) is 0 Å². The Balaban J connectivity index is 1.32. The molecular formula is C27H26F3N3O2. The molecule has 1 aliphatic carbocycles. The first kappa shape index (κ1) is 24.4. The van der Waals surface area contributed by atoms with E-state index in [0.29, 0.717) is 23.7 Å². The summed E-state index contributed by atoms with van der Waals surface area (Å²) in [5.74, 6) is 0.873. The van der Waals surface area contributed by atoms with Gasteiger partial charge in [-0.15, -0.1) is 0 Å². The van der Waals surface area contributed by atoms with Crippen LogP contribution in [0.15, 0.2) is 78.8 Å². The number of hydrogen-bond acceptors (Lipinski definition) is 4. The number of allylic oxidation sites excluding steroid dienone is 2. The first-order valence-electron chi connectivity index (χ1n) is 11.5. The van der Waals surface area contributed by atoms with E-state index in [1.165, 1.54) is 11.6 Å². The number of nitrogens with one attached hydrogen (secondary N) is 1. The summed E-state index contributed by atoms with van der Waals surface area (Å²) in [7, 11) is 0. The van der Waals surface area contributed by atoms with Crippen LogP contribution in [0.25, 0.3) is 0 Å². The van der Waals surface area contributed by atoms with Gasteiger partial charge in [0, 0.05) is 30.7 Å². The molecule has 5 nitrogen and oxygen atoms in total. The Morgan fingerprint density at radius 1 is 1.17 bits per heavy atom. The van der Waals surface area contributed by atoms with E-state index in [4.69, 9.17) is 4.74 Å². The first-order chi connectivity index (χ1) is 16.8. The van der Waals surface area contributed by atoms with E-state index in [-0.39, 0.29) is 17.8 Å². The summed E-state index contributed by atoms with van der Waals surface area (Å²) >= 11 is 0. The van der Waals surface area contributed by atoms with Crippen molar-refractivity contribution >= 4 is 5.91 Å². The molecule has 4 rings (SSSR count). The maximum absolute atomic E-state index is 12.7. The third-order valence-electron chi connectivity index (χ3n) is 6.10. The SMILES string of the molecule is CC1CC(NC(=O)c2cccnc2)CC/C1=C/Cc1cccc(Oc2ccc(C(F)(F)F)cn2)c1. The van der Waals surface area contributed by atoms with E-state index >= 15 is 0 Å². The highest BCUT2D eigenvalue weighted by atomic mass is 19.4. The molecule has 0 bridgehead atoms. The van der Waals surface area contributed by atoms with E-state index in [1.54, 1.807) is 30.6 Å². The van der Waals surface area contributed by atoms with E-state index in [9.17, 15) is 18.0 Å². The minimum absolute atomic E-state index is 0.0953. The average Bonchev–Trinajstić information content (AvgIpc) is 2.84. The maximum atomic E-state index is 12.7. The van der Waals surface area contributed by atoms with Gasteiger partial charge in [0.2, 0.25) is 5.88 Å². The lowest BCUT2D eigenvalue weighted by atomic mass is 9.81. The molecule has 8 heteroatoms. The minimum Gasteiger partial charge on any atom is -0.439 e. The second-order valence-corrected chi connectivity index (χ2v) is 8.70. The van der Waals surface area contributed by atoms with Gasteiger partial charge in [-0.2, -0.15) is 13.2 Å². The van der Waals surface area contributed by atoms with Crippen LogP contribution in [-0.2, 0) is 12.6 Å². The fourth-order valence-electron chi connectivity index (χ4n) is 4.20. The van der Waals surface area contributed by atoms with Crippen molar-refractivity contribution in [2.24, 2.45) is 5.92 Å². The van der Waals surface area contributed by atoms with Crippen LogP contribution >= 0.6 is 0 Å². The number of amides is 1. The summed E-state index contributed by atoms with van der Waals surface area (Å²) in [6, 6.07) is 13.2. The van der Waals surface area contributed by atoms with Crippen molar-refractivity contribution in [1.29, 1.82) is 0 Å². The molecule has 3 aromatic rings. The molecule has 2 aromatic heterocycles. The molecule has 0 aliphatic heterocycles. The Labute approximate surface area is 202 Å². The van der Waals surface area contributed by atoms with Gasteiger partial charge in [-0.3, -0.25) is 9.78 Å². The van der Waals surface area contributed by atoms with Crippen LogP contribution in [0.2, 0.25) is 0 Å². The van der Waals surface area contributed by atoms with E-state index in [2.05, 4.69) is 28.3 Å². The van der Waals surface area contributed by atoms with Crippen LogP contribution < -0.4 is 10.1 Å². The van der Waals surface area contributed by atoms with E-state index in [1.807, 2.05) is 18.2 Å². The molecular weight excluding hydrogens is 455 g/mol. The van der Waals surface area contributed by atoms with Crippen LogP contribution in [0.3, 0.4) is 0 Å². The zero-order valence-electron chi connectivity index (χ0n) is 19.3. The van der Waals surface area contributed by atoms with Gasteiger partial charge in [0.25, 0.3) is 5.91 Å². The number of nitrogens with zero attached hydrogens (tertiary/aromatic N) is 2. The van der Waals surface area contributed by atoms with Crippen molar-refractivity contribution in [2.75, 3.05) is 0 Å². The van der Waals surface area contributed by atoms with Gasteiger partial charge >= 0.3 is 6.18 Å². The number of rotatable bonds is 6. The van der Waals surface area contributed by atoms with Gasteiger partial charge in [0.05, 0.1) is 11.1 Å². The lowest BCUT2D eigenvalue weighted by molar-refractivity contribution is -0.137. The topological polar surface area (TPSA) is 64.1 Å². The second kappa shape index (κ2) is 10.7. The molecule has 1 N–H and O–H groups in total. The van der Waals surface area contributed by atoms with Gasteiger partial charge < -0.3 is 10.1 Å². The lowest BCUT2D eigenvalue weighted by Gasteiger charge is -2.30. The number of aromatic nitrogens is 2. The normalized spacial score (nSPS) is 19.4. The fourth-order valence-corrected chi connectivity index (χ4v) is 4.20. The molecule has 2 unspecified atom stereocenters. The van der Waals surface area contributed by atoms with Gasteiger partial charge in [-0.1, -0.05) is 30.7 Å². The predicted octanol–water partition coefficient (Wildman–Crippen LogP) is 6.38. The van der Waals surface area contributed by atoms with Crippen molar-refractivity contribution in [1.82, 2.24) is 15.3 Å². The zero-order chi connectivity index (χ0) is 24.8. The second-order valence-electron chi connectivity index (χ2n) is 8.70. The number of hydrogen-bond donors (Lipinski definition) is 1. The molecule has 0 saturated heterocycles. The molecule has 2 heterocycles. The molecule has 1 saturated carbocycles. The van der Waals surface area contributed by atoms with E-state index < -0.39 is 11.7 Å². The number of ether oxygens (including phenoxy) is 1. The van der Waals surface area contributed by atoms with E-state index in [0.717, 1.165) is 37.1 Å². The fraction of sp³-hybridized carbons (Fsp3) is 0.296. The number of pyridine rings is 2. The molecule has 1 aromatic carbocycles. The van der Waals surface area contributed by atoms with Crippen molar-refractivity contribution in [3.8, 4) is 11.6 Å². The number of alkyl halides is 3. The summed E-state index contributed by atoms with van der Waals surface area (Å²) in [6.07, 6.45) is 5.14. The summed E-state index contributed by atoms with van der Waals surface area (Å²) in [6.45, 7) is 2.17. The van der Waals surface area contributed by atoms with Gasteiger partial charge in [-0.25, -0.2) is 4.98 Å². The summed E-state index contributed by atoms with van der Waals surface area (Å²) in [5, 5.41) is 3.11. The maximum Gasteiger partial charge on any atom is 0.417 e. The molecule has 1 fully saturated rings. The van der Waals surface area contributed by atoms with Crippen molar-refractivity contribution < 1.29 is 22.7 Å². The number of carbonyl (C=O) groups is 1. The Morgan fingerprint density at radius 2 is 2.03 bits per heavy atom. The largest absolute Gasteiger partial charge is 0.439 e. The highest BCUT2D eigenvalue weighted by molar-refractivity contribution is 5.94. The Kier molecular flexibility index (Phi) is 7.48. The molecule has 35 heavy (non-hydrogen) atoms. The van der Waals surface area contributed by atoms with Crippen LogP contribution in [0, 0.1) is 5.92 Å². The monoisotopic (exact) mass is 481 g/mol. The van der Waals surface area contributed by atoms with Gasteiger partial charge in [-0.05, 0) is 67.5 Å². The van der Waals surface area contributed by atoms with Crippen LogP contribution in [-0.4, -0.2) is 21.9 Å². The summed E-state index contributed by atoms with van der Waals surface area (Å²) in [4.78, 5) is 20.2. The molecule has 182 valence electrons. The third kappa shape index (κ3) is 6.68. The standard InChI is InChI=1S/C27H26F3N3O2/c1-18-14-23(33-26(34)21-5-3-13-31-16-21)11-9-20(18)8-7-19-4-2-6-24(15-19)35-25-12-10-22(17-32-25)27(28,29)30/h2-6,8,10,12-13,15-18,23H,7,9,11,14H2,1H3,(H,33,34)/b20-8-. The van der Waals surface area contributed by atoms with Gasteiger partial charge in [0.15, 0.2) is 0 Å². The lowest BCUT2D eigenvalue weighted by Crippen LogP contribution is -2.38. The minimum atomic E-state index is -4.43. The summed E-state index contributed by atoms with van der Waals surface area (Å²) in [5.41, 5.74) is 2.13. The van der Waals surface area contributed by atoms with Crippen LogP contribution in [0.1, 0.15) is 47.7 Å². The molecule has 1 aliphatic rings. The summed E-state index contributed by atoms with van der Waals surface area (Å²) < 4.78 is 43.8. The Morgan fingerprint density at radius 3 is 2.71 bits per heavy atom. The zero-order valence-corrected chi connectivity index (χ0v) is 19.3. The average molecular weight is 482 g/mol. The molecule has 1 amide bonds. The highest BCUT2D eigenvalue weighted by Crippen LogP contribution is 2.31. The quantitative estimate of drug-likeness (QED) is 0.415. The van der Waals surface area contributed by atoms with Crippen LogP contribution in [0.4, 0.5) is 13.2 Å². The highest BCUT2D eigenvalue weighted by Gasteiger charge is 2.30. The number of carbonyl (C=O) groups excluding carboxylic acids is 1. The predicted molar refractivity (Wildman–Crippen MR) is 126 cm³/mol. The Bertz CT molecular complexity index is 1180. The van der Waals surface area contributed by atoms with Crippen molar-refractivity contribution in [3.05, 3.63) is 95.5 Å². The van der Waals surface area contributed by atoms with Crippen LogP contribution in [0.5, 0.6) is 11.6 Å². The molecule has 0 spiro atoms. The smallest absolute Gasteiger partial charge is 0.417 e. The molecule has 0 radical (unpaired) electrons. The van der Waals surface area contributed by atoms with Gasteiger partial charge in [0.1, 0.15) is 5.75 Å². The first-order valence-corrected chi connectivity index (χ1v) is 11.5. The van der Waals surface area contributed by atoms with Crippen molar-refractivity contribution in [2.45, 2.75) is 44.8 Å². The molecule has 2 atom stereocenters. The third-order valence-corrected chi connectivity index (χ3v) is 6.10. The number of halogens is 3.